The Morgan fingerprint density at radius 2 is 1.79 bits per heavy atom. The van der Waals surface area contributed by atoms with Gasteiger partial charge in [-0.3, -0.25) is 0 Å². The van der Waals surface area contributed by atoms with Crippen LogP contribution in [0.2, 0.25) is 0 Å². The number of hydrogen-bond donors (Lipinski definition) is 1. The van der Waals surface area contributed by atoms with Crippen LogP contribution in [0.15, 0.2) is 18.2 Å². The molecule has 0 unspecified atom stereocenters. The van der Waals surface area contributed by atoms with Crippen molar-refractivity contribution in [2.75, 3.05) is 25.1 Å². The Hall–Kier alpha value is -1.02. The van der Waals surface area contributed by atoms with Crippen molar-refractivity contribution in [1.29, 1.82) is 0 Å². The zero-order chi connectivity index (χ0) is 10.4. The van der Waals surface area contributed by atoms with E-state index in [0.717, 1.165) is 19.8 Å². The fourth-order valence-corrected chi connectivity index (χ4v) is 1.49. The van der Waals surface area contributed by atoms with Crippen molar-refractivity contribution in [3.05, 3.63) is 29.3 Å². The summed E-state index contributed by atoms with van der Waals surface area (Å²) in [6.45, 7) is 8.66. The molecular formula is C12H19NO. The molecule has 0 fully saturated rings. The van der Waals surface area contributed by atoms with E-state index in [-0.39, 0.29) is 0 Å². The molecule has 0 radical (unpaired) electrons. The van der Waals surface area contributed by atoms with Crippen molar-refractivity contribution in [2.45, 2.75) is 20.8 Å². The maximum absolute atomic E-state index is 5.25. The third-order valence-electron chi connectivity index (χ3n) is 2.00. The molecule has 0 aromatic heterocycles. The van der Waals surface area contributed by atoms with Crippen LogP contribution < -0.4 is 5.32 Å². The van der Waals surface area contributed by atoms with Crippen LogP contribution in [0, 0.1) is 13.8 Å². The van der Waals surface area contributed by atoms with Gasteiger partial charge in [0.15, 0.2) is 0 Å². The fraction of sp³-hybridized carbons (Fsp3) is 0.500. The van der Waals surface area contributed by atoms with Crippen molar-refractivity contribution >= 4 is 5.69 Å². The zero-order valence-corrected chi connectivity index (χ0v) is 9.26. The minimum atomic E-state index is 0.767. The van der Waals surface area contributed by atoms with E-state index in [1.54, 1.807) is 0 Å². The summed E-state index contributed by atoms with van der Waals surface area (Å²) < 4.78 is 5.25. The number of aryl methyl sites for hydroxylation is 2. The van der Waals surface area contributed by atoms with Gasteiger partial charge >= 0.3 is 0 Å². The van der Waals surface area contributed by atoms with E-state index in [1.165, 1.54) is 16.8 Å². The molecule has 1 N–H and O–H groups in total. The number of rotatable bonds is 5. The monoisotopic (exact) mass is 193 g/mol. The van der Waals surface area contributed by atoms with Crippen LogP contribution in [0.25, 0.3) is 0 Å². The summed E-state index contributed by atoms with van der Waals surface area (Å²) >= 11 is 0. The summed E-state index contributed by atoms with van der Waals surface area (Å²) in [5.41, 5.74) is 3.77. The summed E-state index contributed by atoms with van der Waals surface area (Å²) in [5, 5.41) is 3.34. The molecule has 1 aromatic carbocycles. The number of nitrogens with one attached hydrogen (secondary N) is 1. The van der Waals surface area contributed by atoms with Crippen LogP contribution in [0.1, 0.15) is 18.1 Å². The smallest absolute Gasteiger partial charge is 0.0638 e. The largest absolute Gasteiger partial charge is 0.383 e. The highest BCUT2D eigenvalue weighted by molar-refractivity contribution is 5.48. The number of benzene rings is 1. The van der Waals surface area contributed by atoms with Gasteiger partial charge in [-0.2, -0.15) is 0 Å². The lowest BCUT2D eigenvalue weighted by atomic mass is 10.1. The molecular weight excluding hydrogens is 174 g/mol. The first-order valence-corrected chi connectivity index (χ1v) is 5.12. The quantitative estimate of drug-likeness (QED) is 0.726. The van der Waals surface area contributed by atoms with E-state index in [9.17, 15) is 0 Å². The van der Waals surface area contributed by atoms with Crippen molar-refractivity contribution < 1.29 is 4.74 Å². The Morgan fingerprint density at radius 3 is 2.36 bits per heavy atom. The van der Waals surface area contributed by atoms with Crippen LogP contribution in [0.5, 0.6) is 0 Å². The lowest BCUT2D eigenvalue weighted by Crippen LogP contribution is -2.09. The molecule has 0 aliphatic rings. The van der Waals surface area contributed by atoms with Gasteiger partial charge < -0.3 is 10.1 Å². The van der Waals surface area contributed by atoms with Gasteiger partial charge in [0.1, 0.15) is 0 Å². The lowest BCUT2D eigenvalue weighted by Gasteiger charge is -2.08. The van der Waals surface area contributed by atoms with Gasteiger partial charge in [0.2, 0.25) is 0 Å². The van der Waals surface area contributed by atoms with Crippen LogP contribution in [-0.4, -0.2) is 19.8 Å². The van der Waals surface area contributed by atoms with E-state index < -0.39 is 0 Å². The summed E-state index contributed by atoms with van der Waals surface area (Å²) in [6.07, 6.45) is 0. The minimum Gasteiger partial charge on any atom is -0.383 e. The Kier molecular flexibility index (Phi) is 4.47. The Balaban J connectivity index is 2.42. The van der Waals surface area contributed by atoms with E-state index >= 15 is 0 Å². The van der Waals surface area contributed by atoms with Crippen LogP contribution in [0.4, 0.5) is 5.69 Å². The summed E-state index contributed by atoms with van der Waals surface area (Å²) in [6, 6.07) is 6.48. The SMILES string of the molecule is CCOCCNc1cc(C)cc(C)c1. The lowest BCUT2D eigenvalue weighted by molar-refractivity contribution is 0.158. The average Bonchev–Trinajstić information content (AvgIpc) is 2.11. The Bertz CT molecular complexity index is 263. The first kappa shape index (κ1) is 11.1. The van der Waals surface area contributed by atoms with Crippen LogP contribution >= 0.6 is 0 Å². The predicted octanol–water partition coefficient (Wildman–Crippen LogP) is 2.75. The van der Waals surface area contributed by atoms with Crippen molar-refractivity contribution in [3.63, 3.8) is 0 Å². The maximum Gasteiger partial charge on any atom is 0.0638 e. The summed E-state index contributed by atoms with van der Waals surface area (Å²) in [5.74, 6) is 0. The maximum atomic E-state index is 5.25. The van der Waals surface area contributed by atoms with Crippen LogP contribution in [0.3, 0.4) is 0 Å². The van der Waals surface area contributed by atoms with E-state index in [4.69, 9.17) is 4.74 Å². The highest BCUT2D eigenvalue weighted by Crippen LogP contribution is 2.13. The van der Waals surface area contributed by atoms with Gasteiger partial charge in [0.05, 0.1) is 6.61 Å². The molecule has 0 saturated heterocycles. The molecule has 0 spiro atoms. The standard InChI is InChI=1S/C12H19NO/c1-4-14-6-5-13-12-8-10(2)7-11(3)9-12/h7-9,13H,4-6H2,1-3H3. The summed E-state index contributed by atoms with van der Waals surface area (Å²) in [7, 11) is 0. The topological polar surface area (TPSA) is 21.3 Å². The molecule has 0 saturated carbocycles. The molecule has 0 heterocycles. The summed E-state index contributed by atoms with van der Waals surface area (Å²) in [4.78, 5) is 0. The van der Waals surface area contributed by atoms with Gasteiger partial charge in [0.25, 0.3) is 0 Å². The molecule has 14 heavy (non-hydrogen) atoms. The van der Waals surface area contributed by atoms with E-state index in [1.807, 2.05) is 6.92 Å². The van der Waals surface area contributed by atoms with Gasteiger partial charge in [-0.15, -0.1) is 0 Å². The van der Waals surface area contributed by atoms with E-state index in [0.29, 0.717) is 0 Å². The number of ether oxygens (including phenoxy) is 1. The molecule has 1 rings (SSSR count). The highest BCUT2D eigenvalue weighted by atomic mass is 16.5. The average molecular weight is 193 g/mol. The van der Waals surface area contributed by atoms with Crippen molar-refractivity contribution in [3.8, 4) is 0 Å². The van der Waals surface area contributed by atoms with E-state index in [2.05, 4.69) is 37.4 Å². The predicted molar refractivity (Wildman–Crippen MR) is 60.9 cm³/mol. The second kappa shape index (κ2) is 5.66. The molecule has 0 atom stereocenters. The van der Waals surface area contributed by atoms with Gasteiger partial charge in [-0.25, -0.2) is 0 Å². The Morgan fingerprint density at radius 1 is 1.14 bits per heavy atom. The third kappa shape index (κ3) is 3.79. The number of anilines is 1. The molecule has 0 aliphatic carbocycles. The molecule has 0 amide bonds. The molecule has 0 aliphatic heterocycles. The minimum absolute atomic E-state index is 0.767. The second-order valence-electron chi connectivity index (χ2n) is 3.50. The number of hydrogen-bond acceptors (Lipinski definition) is 2. The van der Waals surface area contributed by atoms with Crippen molar-refractivity contribution in [1.82, 2.24) is 0 Å². The van der Waals surface area contributed by atoms with Gasteiger partial charge in [-0.05, 0) is 44.0 Å². The fourth-order valence-electron chi connectivity index (χ4n) is 1.49. The third-order valence-corrected chi connectivity index (χ3v) is 2.00. The first-order valence-electron chi connectivity index (χ1n) is 5.12. The van der Waals surface area contributed by atoms with Crippen molar-refractivity contribution in [2.24, 2.45) is 0 Å². The van der Waals surface area contributed by atoms with Gasteiger partial charge in [-0.1, -0.05) is 6.07 Å². The second-order valence-corrected chi connectivity index (χ2v) is 3.50. The Labute approximate surface area is 86.3 Å². The van der Waals surface area contributed by atoms with Crippen LogP contribution in [-0.2, 0) is 4.74 Å². The highest BCUT2D eigenvalue weighted by Gasteiger charge is 1.94. The normalized spacial score (nSPS) is 10.2. The molecule has 0 bridgehead atoms. The molecule has 1 aromatic rings. The first-order chi connectivity index (χ1) is 6.72. The molecule has 2 nitrogen and oxygen atoms in total. The molecule has 2 heteroatoms. The zero-order valence-electron chi connectivity index (χ0n) is 9.26. The molecule has 78 valence electrons. The van der Waals surface area contributed by atoms with Gasteiger partial charge in [0, 0.05) is 18.8 Å².